The van der Waals surface area contributed by atoms with Gasteiger partial charge in [0.05, 0.1) is 0 Å². The summed E-state index contributed by atoms with van der Waals surface area (Å²) in [4.78, 5) is 9.42. The van der Waals surface area contributed by atoms with Crippen LogP contribution in [0.25, 0.3) is 49.9 Å². The van der Waals surface area contributed by atoms with Crippen molar-refractivity contribution in [1.82, 2.24) is 9.55 Å². The predicted octanol–water partition coefficient (Wildman–Crippen LogP) is 15.5. The van der Waals surface area contributed by atoms with Gasteiger partial charge in [-0.1, -0.05) is 137 Å². The molecule has 7 aromatic carbocycles. The average molecular weight is 1020 g/mol. The molecule has 0 spiro atoms. The maximum atomic E-state index is 6.84. The monoisotopic (exact) mass is 1010 g/mol. The summed E-state index contributed by atoms with van der Waals surface area (Å²) in [6, 6.07) is 61.6. The van der Waals surface area contributed by atoms with Gasteiger partial charge in [0.25, 0.3) is 0 Å². The Hall–Kier alpha value is -6.42. The molecule has 0 N–H and O–H groups in total. The molecule has 0 saturated carbocycles. The number of hydrogen-bond donors (Lipinski definition) is 0. The summed E-state index contributed by atoms with van der Waals surface area (Å²) in [5.74, 6) is 2.08. The Balaban J connectivity index is 0.00000518. The van der Waals surface area contributed by atoms with Crippen LogP contribution in [0.15, 0.2) is 158 Å². The van der Waals surface area contributed by atoms with Crippen molar-refractivity contribution in [2.24, 2.45) is 0 Å². The minimum Gasteiger partial charge on any atom is -0.509 e. The van der Waals surface area contributed by atoms with Crippen LogP contribution in [0.5, 0.6) is 11.5 Å². The molecule has 0 fully saturated rings. The molecule has 3 heterocycles. The number of anilines is 4. The second-order valence-electron chi connectivity index (χ2n) is 18.9. The number of ether oxygens (including phenoxy) is 1. The number of nitrogens with zero attached hydrogens (tertiary/aromatic N) is 4. The molecular weight excluding hydrogens is 964 g/mol. The summed E-state index contributed by atoms with van der Waals surface area (Å²) in [5.41, 5.74) is 15.5. The number of fused-ring (bicyclic) bond motifs is 4. The summed E-state index contributed by atoms with van der Waals surface area (Å²) in [6.45, 7) is 19.9. The van der Waals surface area contributed by atoms with E-state index in [1.807, 2.05) is 12.3 Å². The fourth-order valence-electron chi connectivity index (χ4n) is 8.81. The van der Waals surface area contributed by atoms with Crippen molar-refractivity contribution in [2.45, 2.75) is 66.2 Å². The molecule has 0 unspecified atom stereocenters. The van der Waals surface area contributed by atoms with E-state index in [0.29, 0.717) is 11.5 Å². The number of benzene rings is 7. The normalized spacial score (nSPS) is 12.8. The van der Waals surface area contributed by atoms with Crippen molar-refractivity contribution in [3.63, 3.8) is 0 Å². The summed E-state index contributed by atoms with van der Waals surface area (Å²) >= 11 is 0. The summed E-state index contributed by atoms with van der Waals surface area (Å²) < 4.78 is 9.04. The fourth-order valence-corrected chi connectivity index (χ4v) is 8.81. The van der Waals surface area contributed by atoms with Gasteiger partial charge in [0.15, 0.2) is 0 Å². The third kappa shape index (κ3) is 8.14. The van der Waals surface area contributed by atoms with Crippen molar-refractivity contribution >= 4 is 44.6 Å². The molecule has 0 amide bonds. The smallest absolute Gasteiger partial charge is 0.135 e. The number of para-hydroxylation sites is 3. The Morgan fingerprint density at radius 3 is 1.89 bits per heavy atom. The second kappa shape index (κ2) is 16.6. The SMILES string of the molecule is Cc1cc(C)cc(-c2cc(-c3ccccc3)cc(N3[CH-]N(c4[c-]c(Oc5[c-]c6c(cc5)c5ccccc5n6-c5cc(C(C)(C)C)ccn5)cc(C(C)(C)C)c4)c4ccccc43)c2)c1.[Pt]. The first kappa shape index (κ1) is 42.9. The first-order valence-electron chi connectivity index (χ1n) is 21.8. The standard InChI is InChI=1S/C58H51N4O.Pt/c1-38-26-39(2)28-41(27-38)43-29-42(40-16-10-9-11-17-40)30-46(31-43)60-37-61(54-21-15-14-20-53(54)60)47-32-45(58(6,7)8)33-49(35-47)63-48-22-23-51-50-18-12-13-19-52(50)62(55(51)36-48)56-34-44(24-25-59-56)57(3,4)5;/h9-34,37H,1-8H3;/q-3;. The van der Waals surface area contributed by atoms with Gasteiger partial charge >= 0.3 is 0 Å². The topological polar surface area (TPSA) is 33.5 Å². The molecule has 1 aliphatic heterocycles. The van der Waals surface area contributed by atoms with E-state index in [-0.39, 0.29) is 31.9 Å². The molecule has 0 bridgehead atoms. The minimum atomic E-state index is -0.171. The second-order valence-corrected chi connectivity index (χ2v) is 18.9. The molecule has 10 rings (SSSR count). The molecule has 322 valence electrons. The van der Waals surface area contributed by atoms with Gasteiger partial charge in [-0.15, -0.1) is 53.6 Å². The maximum Gasteiger partial charge on any atom is 0.135 e. The number of pyridine rings is 1. The Morgan fingerprint density at radius 2 is 1.17 bits per heavy atom. The molecule has 0 atom stereocenters. The number of aryl methyl sites for hydroxylation is 2. The van der Waals surface area contributed by atoms with Crippen LogP contribution in [0.1, 0.15) is 63.8 Å². The third-order valence-corrected chi connectivity index (χ3v) is 12.1. The first-order chi connectivity index (χ1) is 30.3. The zero-order chi connectivity index (χ0) is 43.6. The van der Waals surface area contributed by atoms with E-state index in [1.165, 1.54) is 33.4 Å². The van der Waals surface area contributed by atoms with Crippen molar-refractivity contribution in [1.29, 1.82) is 0 Å². The van der Waals surface area contributed by atoms with Crippen LogP contribution in [0.2, 0.25) is 0 Å². The van der Waals surface area contributed by atoms with E-state index >= 15 is 0 Å². The molecule has 1 aliphatic rings. The molecule has 5 nitrogen and oxygen atoms in total. The van der Waals surface area contributed by atoms with Crippen LogP contribution in [-0.4, -0.2) is 9.55 Å². The van der Waals surface area contributed by atoms with Gasteiger partial charge in [0.2, 0.25) is 0 Å². The molecule has 64 heavy (non-hydrogen) atoms. The van der Waals surface area contributed by atoms with E-state index in [4.69, 9.17) is 9.72 Å². The Bertz CT molecular complexity index is 3170. The fraction of sp³-hybridized carbons (Fsp3) is 0.172. The zero-order valence-electron chi connectivity index (χ0n) is 37.6. The van der Waals surface area contributed by atoms with Gasteiger partial charge in [-0.3, -0.25) is 0 Å². The summed E-state index contributed by atoms with van der Waals surface area (Å²) in [7, 11) is 0. The first-order valence-corrected chi connectivity index (χ1v) is 21.8. The predicted molar refractivity (Wildman–Crippen MR) is 262 cm³/mol. The Labute approximate surface area is 392 Å². The Kier molecular flexibility index (Phi) is 11.1. The van der Waals surface area contributed by atoms with Crippen molar-refractivity contribution in [3.05, 3.63) is 199 Å². The van der Waals surface area contributed by atoms with E-state index in [1.54, 1.807) is 0 Å². The van der Waals surface area contributed by atoms with Crippen molar-refractivity contribution < 1.29 is 25.8 Å². The molecule has 0 aliphatic carbocycles. The van der Waals surface area contributed by atoms with Gasteiger partial charge in [0.1, 0.15) is 5.82 Å². The molecule has 6 heteroatoms. The molecule has 2 aromatic heterocycles. The van der Waals surface area contributed by atoms with E-state index in [9.17, 15) is 0 Å². The summed E-state index contributed by atoms with van der Waals surface area (Å²) in [5, 5.41) is 2.24. The van der Waals surface area contributed by atoms with Gasteiger partial charge in [0, 0.05) is 61.3 Å². The van der Waals surface area contributed by atoms with Crippen LogP contribution in [0.4, 0.5) is 22.7 Å². The minimum absolute atomic E-state index is 0. The number of aromatic nitrogens is 2. The van der Waals surface area contributed by atoms with Crippen LogP contribution in [0, 0.1) is 32.6 Å². The third-order valence-electron chi connectivity index (χ3n) is 12.1. The largest absolute Gasteiger partial charge is 0.509 e. The van der Waals surface area contributed by atoms with E-state index < -0.39 is 0 Å². The molecule has 9 aromatic rings. The molecule has 0 saturated heterocycles. The quantitative estimate of drug-likeness (QED) is 0.149. The van der Waals surface area contributed by atoms with Gasteiger partial charge < -0.3 is 19.1 Å². The summed E-state index contributed by atoms with van der Waals surface area (Å²) in [6.07, 6.45) is 1.91. The van der Waals surface area contributed by atoms with Crippen LogP contribution in [0.3, 0.4) is 0 Å². The number of rotatable bonds is 7. The molecular formula is C58H51N4OPt-3. The molecule has 0 radical (unpaired) electrons. The van der Waals surface area contributed by atoms with Crippen molar-refractivity contribution in [3.8, 4) is 39.6 Å². The van der Waals surface area contributed by atoms with Crippen LogP contribution in [-0.2, 0) is 31.9 Å². The average Bonchev–Trinajstić information content (AvgIpc) is 3.82. The van der Waals surface area contributed by atoms with Crippen LogP contribution < -0.4 is 14.5 Å². The van der Waals surface area contributed by atoms with Gasteiger partial charge in [-0.05, 0) is 106 Å². The van der Waals surface area contributed by atoms with Gasteiger partial charge in [-0.25, -0.2) is 4.98 Å². The van der Waals surface area contributed by atoms with E-state index in [0.717, 1.165) is 61.5 Å². The Morgan fingerprint density at radius 1 is 0.531 bits per heavy atom. The van der Waals surface area contributed by atoms with Crippen LogP contribution >= 0.6 is 0 Å². The van der Waals surface area contributed by atoms with E-state index in [2.05, 4.69) is 234 Å². The zero-order valence-corrected chi connectivity index (χ0v) is 39.9. The van der Waals surface area contributed by atoms with Gasteiger partial charge in [-0.2, -0.15) is 6.07 Å². The number of hydrogen-bond acceptors (Lipinski definition) is 4. The maximum absolute atomic E-state index is 6.84. The van der Waals surface area contributed by atoms with Crippen molar-refractivity contribution in [2.75, 3.05) is 9.80 Å².